The molecule has 0 amide bonds. The summed E-state index contributed by atoms with van der Waals surface area (Å²) in [7, 11) is 0. The highest BCUT2D eigenvalue weighted by Gasteiger charge is 1.86. The van der Waals surface area contributed by atoms with Crippen LogP contribution >= 0.6 is 0 Å². The largest absolute Gasteiger partial charge is 0.478 e. The third-order valence-electron chi connectivity index (χ3n) is 0.785. The molecule has 1 N–H and O–H groups in total. The lowest BCUT2D eigenvalue weighted by Gasteiger charge is -2.04. The van der Waals surface area contributed by atoms with Gasteiger partial charge >= 0.3 is 5.97 Å². The Hall–Kier alpha value is -1.45. The van der Waals surface area contributed by atoms with Crippen molar-refractivity contribution in [2.75, 3.05) is 13.2 Å². The molecular weight excluding hydrogens is 172 g/mol. The quantitative estimate of drug-likeness (QED) is 0.528. The molecule has 0 saturated carbocycles. The molecule has 0 aliphatic heterocycles. The summed E-state index contributed by atoms with van der Waals surface area (Å²) in [5.74, 6) is -0.569. The van der Waals surface area contributed by atoms with Gasteiger partial charge < -0.3 is 14.6 Å². The standard InChI is InChI=1S/C6H12O2.C3H4O2/c1-4-7-6(3)8-5-2;1-2-3(4)5/h3-5H2,1-2H3;2H,1H2,(H,4,5). The van der Waals surface area contributed by atoms with E-state index in [0.717, 1.165) is 6.08 Å². The lowest BCUT2D eigenvalue weighted by Crippen LogP contribution is -1.94. The summed E-state index contributed by atoms with van der Waals surface area (Å²) in [6.07, 6.45) is 0.833. The Morgan fingerprint density at radius 3 is 1.85 bits per heavy atom. The number of rotatable bonds is 5. The van der Waals surface area contributed by atoms with Gasteiger partial charge in [0.1, 0.15) is 0 Å². The minimum Gasteiger partial charge on any atom is -0.478 e. The molecule has 0 aromatic heterocycles. The lowest BCUT2D eigenvalue weighted by molar-refractivity contribution is -0.131. The molecule has 0 bridgehead atoms. The smallest absolute Gasteiger partial charge is 0.327 e. The van der Waals surface area contributed by atoms with Crippen LogP contribution < -0.4 is 0 Å². The van der Waals surface area contributed by atoms with Gasteiger partial charge in [-0.15, -0.1) is 0 Å². The number of ether oxygens (including phenoxy) is 2. The topological polar surface area (TPSA) is 55.8 Å². The van der Waals surface area contributed by atoms with E-state index in [1.165, 1.54) is 0 Å². The predicted molar refractivity (Wildman–Crippen MR) is 50.2 cm³/mol. The fraction of sp³-hybridized carbons (Fsp3) is 0.444. The average Bonchev–Trinajstić information content (AvgIpc) is 2.06. The molecule has 76 valence electrons. The average molecular weight is 188 g/mol. The Kier molecular flexibility index (Phi) is 11.4. The molecule has 0 spiro atoms. The summed E-state index contributed by atoms with van der Waals surface area (Å²) in [6, 6.07) is 0. The van der Waals surface area contributed by atoms with Gasteiger partial charge in [-0.3, -0.25) is 0 Å². The van der Waals surface area contributed by atoms with E-state index < -0.39 is 5.97 Å². The van der Waals surface area contributed by atoms with Crippen LogP contribution in [0.25, 0.3) is 0 Å². The van der Waals surface area contributed by atoms with Crippen LogP contribution in [0.3, 0.4) is 0 Å². The first-order valence-electron chi connectivity index (χ1n) is 3.88. The Morgan fingerprint density at radius 1 is 1.38 bits per heavy atom. The Bertz CT molecular complexity index is 155. The Morgan fingerprint density at radius 2 is 1.69 bits per heavy atom. The summed E-state index contributed by atoms with van der Waals surface area (Å²) >= 11 is 0. The molecule has 0 heterocycles. The van der Waals surface area contributed by atoms with Crippen molar-refractivity contribution in [3.63, 3.8) is 0 Å². The third-order valence-corrected chi connectivity index (χ3v) is 0.785. The van der Waals surface area contributed by atoms with Crippen LogP contribution in [0.5, 0.6) is 0 Å². The second-order valence-corrected chi connectivity index (χ2v) is 1.78. The molecule has 0 aromatic carbocycles. The third kappa shape index (κ3) is 18.0. The van der Waals surface area contributed by atoms with Gasteiger partial charge in [-0.2, -0.15) is 0 Å². The fourth-order valence-electron chi connectivity index (χ4n) is 0.364. The maximum atomic E-state index is 9.25. The molecule has 0 saturated heterocycles. The summed E-state index contributed by atoms with van der Waals surface area (Å²) < 4.78 is 9.73. The van der Waals surface area contributed by atoms with Crippen LogP contribution in [-0.4, -0.2) is 24.3 Å². The van der Waals surface area contributed by atoms with Crippen LogP contribution in [0.4, 0.5) is 0 Å². The number of carbonyl (C=O) groups is 1. The highest BCUT2D eigenvalue weighted by molar-refractivity contribution is 5.78. The highest BCUT2D eigenvalue weighted by atomic mass is 16.7. The van der Waals surface area contributed by atoms with Crippen LogP contribution in [-0.2, 0) is 14.3 Å². The molecule has 0 unspecified atom stereocenters. The maximum Gasteiger partial charge on any atom is 0.327 e. The number of carboxylic acid groups (broad SMARTS) is 1. The highest BCUT2D eigenvalue weighted by Crippen LogP contribution is 1.92. The number of aliphatic carboxylic acids is 1. The zero-order chi connectivity index (χ0) is 10.7. The number of hydrogen-bond donors (Lipinski definition) is 1. The van der Waals surface area contributed by atoms with Gasteiger partial charge in [0.05, 0.1) is 13.2 Å². The van der Waals surface area contributed by atoms with Crippen molar-refractivity contribution < 1.29 is 19.4 Å². The van der Waals surface area contributed by atoms with Crippen molar-refractivity contribution in [1.29, 1.82) is 0 Å². The van der Waals surface area contributed by atoms with E-state index in [9.17, 15) is 4.79 Å². The fourth-order valence-corrected chi connectivity index (χ4v) is 0.364. The van der Waals surface area contributed by atoms with Crippen molar-refractivity contribution in [2.45, 2.75) is 13.8 Å². The van der Waals surface area contributed by atoms with E-state index in [-0.39, 0.29) is 0 Å². The molecule has 0 radical (unpaired) electrons. The van der Waals surface area contributed by atoms with Gasteiger partial charge in [-0.1, -0.05) is 6.58 Å². The Balaban J connectivity index is 0. The van der Waals surface area contributed by atoms with Crippen LogP contribution in [0.2, 0.25) is 0 Å². The molecule has 0 aromatic rings. The van der Waals surface area contributed by atoms with E-state index >= 15 is 0 Å². The molecule has 0 fully saturated rings. The second kappa shape index (κ2) is 10.6. The number of hydrogen-bond acceptors (Lipinski definition) is 3. The molecule has 0 rings (SSSR count). The van der Waals surface area contributed by atoms with E-state index in [4.69, 9.17) is 14.6 Å². The summed E-state index contributed by atoms with van der Waals surface area (Å²) in [6.45, 7) is 11.5. The van der Waals surface area contributed by atoms with E-state index in [0.29, 0.717) is 19.2 Å². The van der Waals surface area contributed by atoms with Crippen molar-refractivity contribution in [3.8, 4) is 0 Å². The van der Waals surface area contributed by atoms with Gasteiger partial charge in [0.15, 0.2) is 0 Å². The monoisotopic (exact) mass is 188 g/mol. The second-order valence-electron chi connectivity index (χ2n) is 1.78. The summed E-state index contributed by atoms with van der Waals surface area (Å²) in [5.41, 5.74) is 0. The minimum absolute atomic E-state index is 0.412. The zero-order valence-corrected chi connectivity index (χ0v) is 8.08. The minimum atomic E-state index is -0.981. The van der Waals surface area contributed by atoms with Crippen LogP contribution in [0, 0.1) is 0 Å². The molecule has 4 nitrogen and oxygen atoms in total. The molecule has 4 heteroatoms. The normalized spacial score (nSPS) is 7.54. The van der Waals surface area contributed by atoms with E-state index in [1.807, 2.05) is 13.8 Å². The zero-order valence-electron chi connectivity index (χ0n) is 8.08. The first-order chi connectivity index (χ1) is 6.08. The predicted octanol–water partition coefficient (Wildman–Crippen LogP) is 1.79. The van der Waals surface area contributed by atoms with Gasteiger partial charge in [0.2, 0.25) is 0 Å². The van der Waals surface area contributed by atoms with Crippen molar-refractivity contribution in [1.82, 2.24) is 0 Å². The number of carboxylic acids is 1. The summed E-state index contributed by atoms with van der Waals surface area (Å²) in [4.78, 5) is 9.25. The summed E-state index contributed by atoms with van der Waals surface area (Å²) in [5, 5.41) is 7.60. The first-order valence-corrected chi connectivity index (χ1v) is 3.88. The van der Waals surface area contributed by atoms with Crippen molar-refractivity contribution in [2.24, 2.45) is 0 Å². The molecular formula is C9H16O4. The van der Waals surface area contributed by atoms with Gasteiger partial charge in [0.25, 0.3) is 5.95 Å². The molecule has 13 heavy (non-hydrogen) atoms. The van der Waals surface area contributed by atoms with Gasteiger partial charge in [0, 0.05) is 6.08 Å². The SMILES string of the molecule is C=C(OCC)OCC.C=CC(=O)O. The van der Waals surface area contributed by atoms with E-state index in [1.54, 1.807) is 0 Å². The molecule has 0 atom stereocenters. The van der Waals surface area contributed by atoms with Gasteiger partial charge in [-0.25, -0.2) is 4.79 Å². The first kappa shape index (κ1) is 14.1. The van der Waals surface area contributed by atoms with Crippen LogP contribution in [0.1, 0.15) is 13.8 Å². The molecule has 0 aliphatic rings. The van der Waals surface area contributed by atoms with Crippen molar-refractivity contribution in [3.05, 3.63) is 25.2 Å². The maximum absolute atomic E-state index is 9.25. The van der Waals surface area contributed by atoms with Crippen LogP contribution in [0.15, 0.2) is 25.2 Å². The Labute approximate surface area is 78.5 Å². The molecule has 0 aliphatic carbocycles. The van der Waals surface area contributed by atoms with Gasteiger partial charge in [-0.05, 0) is 20.4 Å². The van der Waals surface area contributed by atoms with E-state index in [2.05, 4.69) is 13.2 Å². The van der Waals surface area contributed by atoms with Crippen molar-refractivity contribution >= 4 is 5.97 Å². The lowest BCUT2D eigenvalue weighted by atomic mass is 10.7.